The normalized spacial score (nSPS) is 24.3. The van der Waals surface area contributed by atoms with Crippen LogP contribution >= 0.6 is 0 Å². The molecule has 1 heterocycles. The number of aryl methyl sites for hydroxylation is 1. The van der Waals surface area contributed by atoms with Gasteiger partial charge in [0.1, 0.15) is 5.82 Å². The maximum atomic E-state index is 12.1. The molecule has 1 aromatic heterocycles. The molecular formula is C11H17N3O4S. The Hall–Kier alpha value is -1.41. The summed E-state index contributed by atoms with van der Waals surface area (Å²) < 4.78 is 26.7. The second-order valence-corrected chi connectivity index (χ2v) is 6.54. The Morgan fingerprint density at radius 1 is 1.53 bits per heavy atom. The van der Waals surface area contributed by atoms with Crippen molar-refractivity contribution in [3.05, 3.63) is 12.0 Å². The van der Waals surface area contributed by atoms with Crippen LogP contribution in [0.5, 0.6) is 0 Å². The van der Waals surface area contributed by atoms with E-state index in [1.807, 2.05) is 0 Å². The van der Waals surface area contributed by atoms with Crippen molar-refractivity contribution in [2.45, 2.75) is 43.7 Å². The third-order valence-electron chi connectivity index (χ3n) is 3.31. The molecule has 2 atom stereocenters. The van der Waals surface area contributed by atoms with Crippen molar-refractivity contribution >= 4 is 16.0 Å². The van der Waals surface area contributed by atoms with Gasteiger partial charge >= 0.3 is 5.97 Å². The zero-order valence-corrected chi connectivity index (χ0v) is 11.4. The van der Waals surface area contributed by atoms with E-state index in [0.29, 0.717) is 31.5 Å². The Morgan fingerprint density at radius 2 is 2.26 bits per heavy atom. The number of hydrogen-bond acceptors (Lipinski definition) is 4. The van der Waals surface area contributed by atoms with Gasteiger partial charge in [-0.1, -0.05) is 6.42 Å². The lowest BCUT2D eigenvalue weighted by Crippen LogP contribution is -2.40. The van der Waals surface area contributed by atoms with Gasteiger partial charge < -0.3 is 10.1 Å². The van der Waals surface area contributed by atoms with Crippen LogP contribution in [0.4, 0.5) is 0 Å². The summed E-state index contributed by atoms with van der Waals surface area (Å²) in [4.78, 5) is 17.5. The molecule has 1 aromatic rings. The van der Waals surface area contributed by atoms with Crippen LogP contribution in [0.1, 0.15) is 31.5 Å². The number of imidazole rings is 1. The van der Waals surface area contributed by atoms with E-state index in [4.69, 9.17) is 5.11 Å². The molecule has 7 nitrogen and oxygen atoms in total. The molecule has 1 fully saturated rings. The lowest BCUT2D eigenvalue weighted by atomic mass is 9.86. The number of aromatic amines is 1. The standard InChI is InChI=1S/C11H17N3O4S/c1-7-12-6-10(13-7)19(17,18)14-9-4-2-3-8(5-9)11(15)16/h6,8-9,14H,2-5H2,1H3,(H,12,13)(H,15,16). The number of carboxylic acid groups (broad SMARTS) is 1. The van der Waals surface area contributed by atoms with E-state index < -0.39 is 21.9 Å². The Labute approximate surface area is 111 Å². The Bertz CT molecular complexity index is 566. The van der Waals surface area contributed by atoms with E-state index >= 15 is 0 Å². The second-order valence-electron chi connectivity index (χ2n) is 4.85. The predicted molar refractivity (Wildman–Crippen MR) is 67.0 cm³/mol. The fraction of sp³-hybridized carbons (Fsp3) is 0.636. The minimum atomic E-state index is -3.65. The number of nitrogens with zero attached hydrogens (tertiary/aromatic N) is 1. The Kier molecular flexibility index (Phi) is 3.91. The molecule has 19 heavy (non-hydrogen) atoms. The highest BCUT2D eigenvalue weighted by molar-refractivity contribution is 7.89. The number of rotatable bonds is 4. The summed E-state index contributed by atoms with van der Waals surface area (Å²) in [5, 5.41) is 9.00. The van der Waals surface area contributed by atoms with Crippen molar-refractivity contribution in [1.82, 2.24) is 14.7 Å². The zero-order chi connectivity index (χ0) is 14.0. The number of sulfonamides is 1. The van der Waals surface area contributed by atoms with Crippen molar-refractivity contribution < 1.29 is 18.3 Å². The molecule has 1 saturated carbocycles. The van der Waals surface area contributed by atoms with Gasteiger partial charge in [-0.2, -0.15) is 0 Å². The molecule has 0 aliphatic heterocycles. The highest BCUT2D eigenvalue weighted by Gasteiger charge is 2.30. The molecule has 1 aliphatic rings. The van der Waals surface area contributed by atoms with Crippen molar-refractivity contribution in [2.24, 2.45) is 5.92 Å². The third kappa shape index (κ3) is 3.32. The van der Waals surface area contributed by atoms with E-state index in [2.05, 4.69) is 14.7 Å². The number of carboxylic acids is 1. The summed E-state index contributed by atoms with van der Waals surface area (Å²) in [6, 6.07) is -0.330. The average Bonchev–Trinajstić information content (AvgIpc) is 2.76. The third-order valence-corrected chi connectivity index (χ3v) is 4.74. The average molecular weight is 287 g/mol. The van der Waals surface area contributed by atoms with Crippen molar-refractivity contribution in [3.63, 3.8) is 0 Å². The van der Waals surface area contributed by atoms with Crippen LogP contribution in [0.25, 0.3) is 0 Å². The van der Waals surface area contributed by atoms with Gasteiger partial charge in [0.05, 0.1) is 12.1 Å². The maximum absolute atomic E-state index is 12.1. The Morgan fingerprint density at radius 3 is 2.84 bits per heavy atom. The number of nitrogens with one attached hydrogen (secondary N) is 2. The summed E-state index contributed by atoms with van der Waals surface area (Å²) in [7, 11) is -3.65. The molecule has 0 amide bonds. The molecule has 106 valence electrons. The summed E-state index contributed by atoms with van der Waals surface area (Å²) >= 11 is 0. The number of carbonyl (C=O) groups is 1. The SMILES string of the molecule is Cc1ncc(S(=O)(=O)NC2CCCC(C(=O)O)C2)[nH]1. The first kappa shape index (κ1) is 14.0. The van der Waals surface area contributed by atoms with Crippen LogP contribution in [0.3, 0.4) is 0 Å². The van der Waals surface area contributed by atoms with E-state index in [0.717, 1.165) is 0 Å². The number of H-pyrrole nitrogens is 1. The van der Waals surface area contributed by atoms with Crippen molar-refractivity contribution in [1.29, 1.82) is 0 Å². The number of hydrogen-bond donors (Lipinski definition) is 3. The molecule has 1 aliphatic carbocycles. The molecule has 2 rings (SSSR count). The van der Waals surface area contributed by atoms with Crippen LogP contribution in [-0.2, 0) is 14.8 Å². The van der Waals surface area contributed by atoms with Gasteiger partial charge in [0, 0.05) is 6.04 Å². The zero-order valence-electron chi connectivity index (χ0n) is 10.6. The fourth-order valence-corrected chi connectivity index (χ4v) is 3.59. The predicted octanol–water partition coefficient (Wildman–Crippen LogP) is 0.640. The summed E-state index contributed by atoms with van der Waals surface area (Å²) in [6.45, 7) is 1.67. The van der Waals surface area contributed by atoms with Crippen LogP contribution < -0.4 is 4.72 Å². The highest BCUT2D eigenvalue weighted by Crippen LogP contribution is 2.25. The topological polar surface area (TPSA) is 112 Å². The van der Waals surface area contributed by atoms with Crippen LogP contribution in [0.15, 0.2) is 11.2 Å². The molecular weight excluding hydrogens is 270 g/mol. The number of aliphatic carboxylic acids is 1. The quantitative estimate of drug-likeness (QED) is 0.752. The van der Waals surface area contributed by atoms with Gasteiger partial charge in [-0.15, -0.1) is 0 Å². The van der Waals surface area contributed by atoms with Gasteiger partial charge in [0.25, 0.3) is 10.0 Å². The molecule has 0 radical (unpaired) electrons. The molecule has 8 heteroatoms. The van der Waals surface area contributed by atoms with Crippen LogP contribution in [0, 0.1) is 12.8 Å². The first-order chi connectivity index (χ1) is 8.88. The van der Waals surface area contributed by atoms with Gasteiger partial charge in [-0.05, 0) is 26.2 Å². The van der Waals surface area contributed by atoms with Gasteiger partial charge in [0.15, 0.2) is 5.03 Å². The van der Waals surface area contributed by atoms with Crippen LogP contribution in [-0.4, -0.2) is 35.5 Å². The van der Waals surface area contributed by atoms with E-state index in [9.17, 15) is 13.2 Å². The smallest absolute Gasteiger partial charge is 0.306 e. The summed E-state index contributed by atoms with van der Waals surface area (Å²) in [6.07, 6.45) is 3.58. The summed E-state index contributed by atoms with van der Waals surface area (Å²) in [5.41, 5.74) is 0. The lowest BCUT2D eigenvalue weighted by molar-refractivity contribution is -0.143. The minimum Gasteiger partial charge on any atom is -0.481 e. The molecule has 0 spiro atoms. The van der Waals surface area contributed by atoms with E-state index in [1.54, 1.807) is 6.92 Å². The van der Waals surface area contributed by atoms with E-state index in [1.165, 1.54) is 6.20 Å². The molecule has 3 N–H and O–H groups in total. The number of aromatic nitrogens is 2. The highest BCUT2D eigenvalue weighted by atomic mass is 32.2. The first-order valence-electron chi connectivity index (χ1n) is 6.15. The second kappa shape index (κ2) is 5.30. The van der Waals surface area contributed by atoms with Gasteiger partial charge in [0.2, 0.25) is 0 Å². The maximum Gasteiger partial charge on any atom is 0.306 e. The Balaban J connectivity index is 2.06. The largest absolute Gasteiger partial charge is 0.481 e. The van der Waals surface area contributed by atoms with E-state index in [-0.39, 0.29) is 11.1 Å². The van der Waals surface area contributed by atoms with Gasteiger partial charge in [-0.25, -0.2) is 18.1 Å². The fourth-order valence-electron chi connectivity index (χ4n) is 2.34. The lowest BCUT2D eigenvalue weighted by Gasteiger charge is -2.26. The first-order valence-corrected chi connectivity index (χ1v) is 7.63. The molecule has 0 bridgehead atoms. The molecule has 0 aromatic carbocycles. The summed E-state index contributed by atoms with van der Waals surface area (Å²) in [5.74, 6) is -0.807. The molecule has 0 saturated heterocycles. The monoisotopic (exact) mass is 287 g/mol. The molecule has 2 unspecified atom stereocenters. The minimum absolute atomic E-state index is 0.0162. The van der Waals surface area contributed by atoms with Crippen molar-refractivity contribution in [3.8, 4) is 0 Å². The van der Waals surface area contributed by atoms with Gasteiger partial charge in [-0.3, -0.25) is 4.79 Å². The van der Waals surface area contributed by atoms with Crippen molar-refractivity contribution in [2.75, 3.05) is 0 Å². The van der Waals surface area contributed by atoms with Crippen LogP contribution in [0.2, 0.25) is 0 Å².